The standard InChI is InChI=1S/C16H21NO3/c18-16(20-11-13-5-2-1-3-6-13)17-10-4-7-14(17)8-9-15-12-19-15/h1-3,5-6,14-15H,4,7-12H2. The van der Waals surface area contributed by atoms with Crippen LogP contribution < -0.4 is 0 Å². The van der Waals surface area contributed by atoms with Crippen molar-refractivity contribution in [1.29, 1.82) is 0 Å². The van der Waals surface area contributed by atoms with Gasteiger partial charge in [-0.3, -0.25) is 0 Å². The third kappa shape index (κ3) is 3.51. The molecule has 2 saturated heterocycles. The number of epoxide rings is 1. The first-order valence-electron chi connectivity index (χ1n) is 7.42. The van der Waals surface area contributed by atoms with Crippen molar-refractivity contribution < 1.29 is 14.3 Å². The van der Waals surface area contributed by atoms with E-state index in [4.69, 9.17) is 9.47 Å². The van der Waals surface area contributed by atoms with Crippen LogP contribution in [0.25, 0.3) is 0 Å². The monoisotopic (exact) mass is 275 g/mol. The number of benzene rings is 1. The van der Waals surface area contributed by atoms with Crippen molar-refractivity contribution in [2.24, 2.45) is 0 Å². The molecular weight excluding hydrogens is 254 g/mol. The highest BCUT2D eigenvalue weighted by Gasteiger charge is 2.32. The summed E-state index contributed by atoms with van der Waals surface area (Å²) in [5.41, 5.74) is 1.03. The Kier molecular flexibility index (Phi) is 4.21. The van der Waals surface area contributed by atoms with Crippen LogP contribution >= 0.6 is 0 Å². The van der Waals surface area contributed by atoms with Gasteiger partial charge in [-0.25, -0.2) is 4.79 Å². The van der Waals surface area contributed by atoms with Gasteiger partial charge < -0.3 is 14.4 Å². The second kappa shape index (κ2) is 6.27. The number of nitrogens with zero attached hydrogens (tertiary/aromatic N) is 1. The molecule has 4 nitrogen and oxygen atoms in total. The lowest BCUT2D eigenvalue weighted by molar-refractivity contribution is 0.0901. The average molecular weight is 275 g/mol. The molecule has 3 rings (SSSR count). The first-order valence-corrected chi connectivity index (χ1v) is 7.42. The van der Waals surface area contributed by atoms with Crippen LogP contribution in [0.1, 0.15) is 31.2 Å². The minimum atomic E-state index is -0.173. The Morgan fingerprint density at radius 1 is 1.30 bits per heavy atom. The van der Waals surface area contributed by atoms with E-state index in [1.54, 1.807) is 0 Å². The van der Waals surface area contributed by atoms with E-state index in [0.29, 0.717) is 18.8 Å². The number of hydrogen-bond acceptors (Lipinski definition) is 3. The largest absolute Gasteiger partial charge is 0.445 e. The molecule has 2 unspecified atom stereocenters. The van der Waals surface area contributed by atoms with E-state index in [-0.39, 0.29) is 6.09 Å². The van der Waals surface area contributed by atoms with Gasteiger partial charge in [0.2, 0.25) is 0 Å². The lowest BCUT2D eigenvalue weighted by atomic mass is 10.1. The molecule has 2 aliphatic heterocycles. The first-order chi connectivity index (χ1) is 9.83. The Hall–Kier alpha value is -1.55. The Labute approximate surface area is 119 Å². The summed E-state index contributed by atoms with van der Waals surface area (Å²) in [6.45, 7) is 2.07. The van der Waals surface area contributed by atoms with Crippen LogP contribution in [-0.4, -0.2) is 36.3 Å². The van der Waals surface area contributed by atoms with Gasteiger partial charge in [-0.05, 0) is 31.2 Å². The molecule has 0 aromatic heterocycles. The highest BCUT2D eigenvalue weighted by atomic mass is 16.6. The molecule has 2 atom stereocenters. The summed E-state index contributed by atoms with van der Waals surface area (Å²) in [6.07, 6.45) is 4.54. The van der Waals surface area contributed by atoms with Crippen molar-refractivity contribution in [2.75, 3.05) is 13.2 Å². The topological polar surface area (TPSA) is 42.1 Å². The van der Waals surface area contributed by atoms with Crippen molar-refractivity contribution in [1.82, 2.24) is 4.90 Å². The van der Waals surface area contributed by atoms with Gasteiger partial charge in [0, 0.05) is 12.6 Å². The molecule has 0 spiro atoms. The molecule has 0 saturated carbocycles. The van der Waals surface area contributed by atoms with Gasteiger partial charge in [0.15, 0.2) is 0 Å². The zero-order valence-electron chi connectivity index (χ0n) is 11.7. The van der Waals surface area contributed by atoms with Crippen LogP contribution in [0.15, 0.2) is 30.3 Å². The molecule has 2 heterocycles. The molecule has 108 valence electrons. The molecule has 1 amide bonds. The van der Waals surface area contributed by atoms with E-state index in [1.165, 1.54) is 0 Å². The Bertz CT molecular complexity index is 444. The van der Waals surface area contributed by atoms with Crippen molar-refractivity contribution in [2.45, 2.75) is 44.4 Å². The van der Waals surface area contributed by atoms with E-state index in [9.17, 15) is 4.79 Å². The lowest BCUT2D eigenvalue weighted by Crippen LogP contribution is -2.36. The Balaban J connectivity index is 1.47. The molecule has 0 bridgehead atoms. The third-order valence-corrected chi connectivity index (χ3v) is 4.04. The lowest BCUT2D eigenvalue weighted by Gasteiger charge is -2.23. The number of likely N-dealkylation sites (tertiary alicyclic amines) is 1. The van der Waals surface area contributed by atoms with Crippen LogP contribution in [-0.2, 0) is 16.1 Å². The van der Waals surface area contributed by atoms with Gasteiger partial charge in [0.1, 0.15) is 6.61 Å². The number of hydrogen-bond donors (Lipinski definition) is 0. The third-order valence-electron chi connectivity index (χ3n) is 4.04. The summed E-state index contributed by atoms with van der Waals surface area (Å²) in [5.74, 6) is 0. The summed E-state index contributed by atoms with van der Waals surface area (Å²) < 4.78 is 10.7. The number of carbonyl (C=O) groups is 1. The molecule has 1 aromatic carbocycles. The summed E-state index contributed by atoms with van der Waals surface area (Å²) >= 11 is 0. The predicted octanol–water partition coefficient (Wildman–Crippen LogP) is 2.97. The molecule has 2 fully saturated rings. The van der Waals surface area contributed by atoms with Gasteiger partial charge in [0.05, 0.1) is 12.7 Å². The molecule has 20 heavy (non-hydrogen) atoms. The molecular formula is C16H21NO3. The zero-order valence-corrected chi connectivity index (χ0v) is 11.7. The van der Waals surface area contributed by atoms with Crippen LogP contribution in [0.4, 0.5) is 4.79 Å². The number of ether oxygens (including phenoxy) is 2. The molecule has 2 aliphatic rings. The normalized spacial score (nSPS) is 24.7. The second-order valence-electron chi connectivity index (χ2n) is 5.56. The minimum Gasteiger partial charge on any atom is -0.445 e. The number of carbonyl (C=O) groups excluding carboxylic acids is 1. The first kappa shape index (κ1) is 13.4. The molecule has 4 heteroatoms. The molecule has 0 N–H and O–H groups in total. The Morgan fingerprint density at radius 3 is 2.85 bits per heavy atom. The molecule has 0 radical (unpaired) electrons. The fraction of sp³-hybridized carbons (Fsp3) is 0.562. The summed E-state index contributed by atoms with van der Waals surface area (Å²) in [5, 5.41) is 0. The maximum absolute atomic E-state index is 12.2. The van der Waals surface area contributed by atoms with Crippen molar-refractivity contribution in [3.8, 4) is 0 Å². The van der Waals surface area contributed by atoms with Crippen molar-refractivity contribution in [3.05, 3.63) is 35.9 Å². The van der Waals surface area contributed by atoms with Crippen LogP contribution in [0.2, 0.25) is 0 Å². The van der Waals surface area contributed by atoms with Crippen LogP contribution in [0.3, 0.4) is 0 Å². The predicted molar refractivity (Wildman–Crippen MR) is 75.3 cm³/mol. The van der Waals surface area contributed by atoms with Crippen molar-refractivity contribution in [3.63, 3.8) is 0 Å². The highest BCUT2D eigenvalue weighted by Crippen LogP contribution is 2.26. The summed E-state index contributed by atoms with van der Waals surface area (Å²) in [6, 6.07) is 10.2. The van der Waals surface area contributed by atoms with Gasteiger partial charge in [-0.15, -0.1) is 0 Å². The fourth-order valence-corrected chi connectivity index (χ4v) is 2.79. The van der Waals surface area contributed by atoms with Crippen LogP contribution in [0, 0.1) is 0 Å². The second-order valence-corrected chi connectivity index (χ2v) is 5.56. The van der Waals surface area contributed by atoms with Gasteiger partial charge in [-0.1, -0.05) is 30.3 Å². The zero-order chi connectivity index (χ0) is 13.8. The number of rotatable bonds is 5. The minimum absolute atomic E-state index is 0.173. The SMILES string of the molecule is O=C(OCc1ccccc1)N1CCCC1CCC1CO1. The van der Waals surface area contributed by atoms with Crippen LogP contribution in [0.5, 0.6) is 0 Å². The fourth-order valence-electron chi connectivity index (χ4n) is 2.79. The van der Waals surface area contributed by atoms with Crippen molar-refractivity contribution >= 4 is 6.09 Å². The highest BCUT2D eigenvalue weighted by molar-refractivity contribution is 5.68. The molecule has 1 aromatic rings. The average Bonchev–Trinajstić information content (AvgIpc) is 3.20. The maximum atomic E-state index is 12.2. The summed E-state index contributed by atoms with van der Waals surface area (Å²) in [7, 11) is 0. The Morgan fingerprint density at radius 2 is 2.10 bits per heavy atom. The van der Waals surface area contributed by atoms with Gasteiger partial charge in [0.25, 0.3) is 0 Å². The number of amides is 1. The molecule has 0 aliphatic carbocycles. The maximum Gasteiger partial charge on any atom is 0.410 e. The summed E-state index contributed by atoms with van der Waals surface area (Å²) in [4.78, 5) is 14.1. The van der Waals surface area contributed by atoms with E-state index >= 15 is 0 Å². The van der Waals surface area contributed by atoms with E-state index < -0.39 is 0 Å². The van der Waals surface area contributed by atoms with E-state index in [2.05, 4.69) is 0 Å². The quantitative estimate of drug-likeness (QED) is 0.776. The van der Waals surface area contributed by atoms with E-state index in [1.807, 2.05) is 35.2 Å². The van der Waals surface area contributed by atoms with Gasteiger partial charge >= 0.3 is 6.09 Å². The smallest absolute Gasteiger partial charge is 0.410 e. The van der Waals surface area contributed by atoms with E-state index in [0.717, 1.165) is 44.4 Å². The van der Waals surface area contributed by atoms with Gasteiger partial charge in [-0.2, -0.15) is 0 Å².